The fraction of sp³-hybridized carbons (Fsp3) is 0.571. The Bertz CT molecular complexity index is 706. The Morgan fingerprint density at radius 1 is 1.08 bits per heavy atom. The van der Waals surface area contributed by atoms with E-state index in [1.807, 2.05) is 0 Å². The van der Waals surface area contributed by atoms with Gasteiger partial charge < -0.3 is 4.90 Å². The summed E-state index contributed by atoms with van der Waals surface area (Å²) in [5.74, 6) is 0. The Morgan fingerprint density at radius 3 is 2.68 bits per heavy atom. The quantitative estimate of drug-likeness (QED) is 0.857. The van der Waals surface area contributed by atoms with E-state index in [1.165, 1.54) is 55.0 Å². The van der Waals surface area contributed by atoms with E-state index in [1.54, 1.807) is 0 Å². The first-order valence-corrected chi connectivity index (χ1v) is 9.83. The maximum Gasteiger partial charge on any atom is 0.0958 e. The van der Waals surface area contributed by atoms with Gasteiger partial charge in [-0.2, -0.15) is 5.10 Å². The van der Waals surface area contributed by atoms with E-state index in [4.69, 9.17) is 5.10 Å². The van der Waals surface area contributed by atoms with E-state index in [2.05, 4.69) is 58.8 Å². The fourth-order valence-corrected chi connectivity index (χ4v) is 4.65. The van der Waals surface area contributed by atoms with Crippen LogP contribution in [0, 0.1) is 0 Å². The van der Waals surface area contributed by atoms with Gasteiger partial charge in [-0.25, -0.2) is 0 Å². The molecule has 1 saturated heterocycles. The van der Waals surface area contributed by atoms with E-state index in [0.29, 0.717) is 0 Å². The smallest absolute Gasteiger partial charge is 0.0958 e. The van der Waals surface area contributed by atoms with Crippen molar-refractivity contribution in [2.24, 2.45) is 7.05 Å². The van der Waals surface area contributed by atoms with Gasteiger partial charge in [0.05, 0.1) is 5.69 Å². The molecule has 0 radical (unpaired) electrons. The summed E-state index contributed by atoms with van der Waals surface area (Å²) in [6.07, 6.45) is 4.97. The molecule has 1 atom stereocenters. The molecule has 0 bridgehead atoms. The molecule has 0 saturated carbocycles. The number of fused-ring (bicyclic) bond motifs is 1. The average Bonchev–Trinajstić information content (AvgIpc) is 3.15. The molecule has 0 aliphatic carbocycles. The second-order valence-corrected chi connectivity index (χ2v) is 7.49. The van der Waals surface area contributed by atoms with E-state index >= 15 is 0 Å². The van der Waals surface area contributed by atoms with Crippen LogP contribution in [0.15, 0.2) is 30.3 Å². The second-order valence-electron chi connectivity index (χ2n) is 7.49. The number of benzene rings is 1. The standard InChI is InChI=1S/C21H30N4/c1-3-25-13-7-10-18(25)16-24-14-11-19-20(12-15-24)23(2)22-21(19)17-8-5-4-6-9-17/h4-6,8-9,18H,3,7,10-16H2,1-2H3. The van der Waals surface area contributed by atoms with E-state index in [-0.39, 0.29) is 0 Å². The van der Waals surface area contributed by atoms with Crippen LogP contribution >= 0.6 is 0 Å². The highest BCUT2D eigenvalue weighted by atomic mass is 15.3. The molecule has 1 unspecified atom stereocenters. The Balaban J connectivity index is 1.51. The maximum atomic E-state index is 4.85. The monoisotopic (exact) mass is 338 g/mol. The third kappa shape index (κ3) is 3.38. The molecule has 0 N–H and O–H groups in total. The molecule has 4 nitrogen and oxygen atoms in total. The molecule has 1 aromatic carbocycles. The summed E-state index contributed by atoms with van der Waals surface area (Å²) in [6, 6.07) is 11.4. The van der Waals surface area contributed by atoms with Gasteiger partial charge in [0, 0.05) is 56.0 Å². The van der Waals surface area contributed by atoms with E-state index in [9.17, 15) is 0 Å². The topological polar surface area (TPSA) is 24.3 Å². The molecule has 0 spiro atoms. The van der Waals surface area contributed by atoms with Crippen LogP contribution in [0.3, 0.4) is 0 Å². The minimum atomic E-state index is 0.762. The normalized spacial score (nSPS) is 22.1. The number of likely N-dealkylation sites (tertiary alicyclic amines) is 1. The van der Waals surface area contributed by atoms with Crippen LogP contribution in [-0.4, -0.2) is 58.3 Å². The Morgan fingerprint density at radius 2 is 1.88 bits per heavy atom. The molecule has 1 aromatic heterocycles. The van der Waals surface area contributed by atoms with Crippen molar-refractivity contribution >= 4 is 0 Å². The second kappa shape index (κ2) is 7.30. The number of hydrogen-bond donors (Lipinski definition) is 0. The highest BCUT2D eigenvalue weighted by molar-refractivity contribution is 5.64. The van der Waals surface area contributed by atoms with Gasteiger partial charge in [0.2, 0.25) is 0 Å². The number of hydrogen-bond acceptors (Lipinski definition) is 3. The first-order valence-electron chi connectivity index (χ1n) is 9.83. The molecule has 0 amide bonds. The summed E-state index contributed by atoms with van der Waals surface area (Å²) in [7, 11) is 2.11. The third-order valence-corrected chi connectivity index (χ3v) is 6.04. The molecular weight excluding hydrogens is 308 g/mol. The Kier molecular flexibility index (Phi) is 4.91. The molecular formula is C21H30N4. The van der Waals surface area contributed by atoms with Crippen LogP contribution in [0.25, 0.3) is 11.3 Å². The number of nitrogens with zero attached hydrogens (tertiary/aromatic N) is 4. The van der Waals surface area contributed by atoms with Gasteiger partial charge in [-0.1, -0.05) is 37.3 Å². The van der Waals surface area contributed by atoms with Crippen LogP contribution in [0.5, 0.6) is 0 Å². The highest BCUT2D eigenvalue weighted by Crippen LogP contribution is 2.28. The van der Waals surface area contributed by atoms with Crippen molar-refractivity contribution in [3.8, 4) is 11.3 Å². The summed E-state index contributed by atoms with van der Waals surface area (Å²) < 4.78 is 2.12. The van der Waals surface area contributed by atoms with Gasteiger partial charge >= 0.3 is 0 Å². The van der Waals surface area contributed by atoms with Gasteiger partial charge in [-0.05, 0) is 32.4 Å². The Labute approximate surface area is 151 Å². The fourth-order valence-electron chi connectivity index (χ4n) is 4.65. The first kappa shape index (κ1) is 16.8. The SMILES string of the molecule is CCN1CCCC1CN1CCc2c(-c3ccccc3)nn(C)c2CC1. The molecule has 25 heavy (non-hydrogen) atoms. The molecule has 3 heterocycles. The summed E-state index contributed by atoms with van der Waals surface area (Å²) >= 11 is 0. The molecule has 134 valence electrons. The summed E-state index contributed by atoms with van der Waals surface area (Å²) in [6.45, 7) is 8.34. The minimum Gasteiger partial charge on any atom is -0.301 e. The summed E-state index contributed by atoms with van der Waals surface area (Å²) in [5, 5.41) is 4.85. The number of aryl methyl sites for hydroxylation is 1. The van der Waals surface area contributed by atoms with Crippen molar-refractivity contribution in [1.82, 2.24) is 19.6 Å². The zero-order chi connectivity index (χ0) is 17.2. The number of rotatable bonds is 4. The van der Waals surface area contributed by atoms with Crippen molar-refractivity contribution in [2.75, 3.05) is 32.7 Å². The molecule has 4 rings (SSSR count). The van der Waals surface area contributed by atoms with Crippen molar-refractivity contribution in [3.63, 3.8) is 0 Å². The molecule has 4 heteroatoms. The molecule has 1 fully saturated rings. The zero-order valence-corrected chi connectivity index (χ0v) is 15.6. The van der Waals surface area contributed by atoms with Crippen LogP contribution in [-0.2, 0) is 19.9 Å². The van der Waals surface area contributed by atoms with Crippen LogP contribution in [0.4, 0.5) is 0 Å². The predicted molar refractivity (Wildman–Crippen MR) is 103 cm³/mol. The third-order valence-electron chi connectivity index (χ3n) is 6.04. The number of aromatic nitrogens is 2. The number of likely N-dealkylation sites (N-methyl/N-ethyl adjacent to an activating group) is 1. The summed E-state index contributed by atoms with van der Waals surface area (Å²) in [4.78, 5) is 5.35. The predicted octanol–water partition coefficient (Wildman–Crippen LogP) is 2.97. The van der Waals surface area contributed by atoms with Crippen molar-refractivity contribution in [3.05, 3.63) is 41.6 Å². The van der Waals surface area contributed by atoms with Gasteiger partial charge in [-0.15, -0.1) is 0 Å². The van der Waals surface area contributed by atoms with Gasteiger partial charge in [-0.3, -0.25) is 9.58 Å². The summed E-state index contributed by atoms with van der Waals surface area (Å²) in [5.41, 5.74) is 5.34. The lowest BCUT2D eigenvalue weighted by Gasteiger charge is -2.29. The average molecular weight is 338 g/mol. The van der Waals surface area contributed by atoms with Crippen molar-refractivity contribution in [1.29, 1.82) is 0 Å². The first-order chi connectivity index (χ1) is 12.3. The van der Waals surface area contributed by atoms with Gasteiger partial charge in [0.25, 0.3) is 0 Å². The van der Waals surface area contributed by atoms with E-state index in [0.717, 1.165) is 32.0 Å². The largest absolute Gasteiger partial charge is 0.301 e. The zero-order valence-electron chi connectivity index (χ0n) is 15.6. The lowest BCUT2D eigenvalue weighted by molar-refractivity contribution is 0.181. The van der Waals surface area contributed by atoms with E-state index < -0.39 is 0 Å². The van der Waals surface area contributed by atoms with Crippen LogP contribution < -0.4 is 0 Å². The van der Waals surface area contributed by atoms with Crippen LogP contribution in [0.2, 0.25) is 0 Å². The lowest BCUT2D eigenvalue weighted by atomic mass is 10.0. The molecule has 2 aliphatic heterocycles. The highest BCUT2D eigenvalue weighted by Gasteiger charge is 2.27. The van der Waals surface area contributed by atoms with Crippen molar-refractivity contribution in [2.45, 2.75) is 38.6 Å². The van der Waals surface area contributed by atoms with Crippen LogP contribution in [0.1, 0.15) is 31.0 Å². The lowest BCUT2D eigenvalue weighted by Crippen LogP contribution is -2.41. The minimum absolute atomic E-state index is 0.762. The van der Waals surface area contributed by atoms with Gasteiger partial charge in [0.15, 0.2) is 0 Å². The van der Waals surface area contributed by atoms with Crippen molar-refractivity contribution < 1.29 is 0 Å². The molecule has 2 aliphatic rings. The van der Waals surface area contributed by atoms with Gasteiger partial charge in [0.1, 0.15) is 0 Å². The maximum absolute atomic E-state index is 4.85. The Hall–Kier alpha value is -1.65. The molecule has 2 aromatic rings.